The predicted molar refractivity (Wildman–Crippen MR) is 53.4 cm³/mol. The van der Waals surface area contributed by atoms with Crippen molar-refractivity contribution in [3.63, 3.8) is 0 Å². The summed E-state index contributed by atoms with van der Waals surface area (Å²) in [5, 5.41) is 8.64. The molecular formula is C10H13NO4. The Labute approximate surface area is 87.7 Å². The van der Waals surface area contributed by atoms with Gasteiger partial charge in [0.25, 0.3) is 0 Å². The summed E-state index contributed by atoms with van der Waals surface area (Å²) in [6.07, 6.45) is -0.146. The lowest BCUT2D eigenvalue weighted by Gasteiger charge is -2.10. The maximum Gasteiger partial charge on any atom is 0.309 e. The van der Waals surface area contributed by atoms with Crippen molar-refractivity contribution in [3.8, 4) is 11.6 Å². The molecule has 1 rings (SSSR count). The van der Waals surface area contributed by atoms with Crippen LogP contribution in [0.2, 0.25) is 0 Å². The molecule has 0 atom stereocenters. The van der Waals surface area contributed by atoms with Crippen LogP contribution in [0.3, 0.4) is 0 Å². The molecule has 0 aliphatic heterocycles. The Morgan fingerprint density at radius 2 is 2.13 bits per heavy atom. The number of hydrogen-bond donors (Lipinski definition) is 1. The minimum atomic E-state index is -0.935. The number of nitrogens with zero attached hydrogens (tertiary/aromatic N) is 1. The highest BCUT2D eigenvalue weighted by Gasteiger charge is 2.11. The second kappa shape index (κ2) is 4.63. The number of ether oxygens (including phenoxy) is 2. The van der Waals surface area contributed by atoms with Crippen LogP contribution in [0.15, 0.2) is 6.07 Å². The number of aliphatic carboxylic acids is 1. The van der Waals surface area contributed by atoms with E-state index in [4.69, 9.17) is 14.6 Å². The summed E-state index contributed by atoms with van der Waals surface area (Å²) in [5.74, 6) is 0.0409. The van der Waals surface area contributed by atoms with Crippen LogP contribution in [0.1, 0.15) is 11.3 Å². The van der Waals surface area contributed by atoms with Crippen LogP contribution in [0.5, 0.6) is 11.6 Å². The van der Waals surface area contributed by atoms with Gasteiger partial charge >= 0.3 is 5.97 Å². The summed E-state index contributed by atoms with van der Waals surface area (Å²) >= 11 is 0. The molecule has 0 amide bonds. The normalized spacial score (nSPS) is 9.80. The number of hydrogen-bond acceptors (Lipinski definition) is 4. The zero-order valence-corrected chi connectivity index (χ0v) is 8.90. The molecule has 82 valence electrons. The Morgan fingerprint density at radius 1 is 1.47 bits per heavy atom. The number of aromatic nitrogens is 1. The Bertz CT molecular complexity index is 351. The fourth-order valence-corrected chi connectivity index (χ4v) is 1.27. The van der Waals surface area contributed by atoms with Gasteiger partial charge in [-0.15, -0.1) is 0 Å². The molecule has 1 N–H and O–H groups in total. The molecule has 15 heavy (non-hydrogen) atoms. The van der Waals surface area contributed by atoms with Crippen molar-refractivity contribution in [1.29, 1.82) is 0 Å². The van der Waals surface area contributed by atoms with Gasteiger partial charge in [-0.05, 0) is 6.92 Å². The summed E-state index contributed by atoms with van der Waals surface area (Å²) in [5.41, 5.74) is 1.18. The number of methoxy groups -OCH3 is 2. The third-order valence-corrected chi connectivity index (χ3v) is 1.98. The van der Waals surface area contributed by atoms with E-state index >= 15 is 0 Å². The van der Waals surface area contributed by atoms with Crippen molar-refractivity contribution < 1.29 is 19.4 Å². The van der Waals surface area contributed by atoms with Crippen molar-refractivity contribution >= 4 is 5.97 Å². The van der Waals surface area contributed by atoms with Crippen molar-refractivity contribution in [3.05, 3.63) is 17.3 Å². The Kier molecular flexibility index (Phi) is 3.49. The van der Waals surface area contributed by atoms with E-state index in [-0.39, 0.29) is 6.42 Å². The maximum atomic E-state index is 10.5. The third-order valence-electron chi connectivity index (χ3n) is 1.98. The Balaban J connectivity index is 3.14. The SMILES string of the molecule is COc1cc(CC(=O)O)nc(OC)c1C. The molecule has 1 heterocycles. The molecule has 0 saturated carbocycles. The van der Waals surface area contributed by atoms with Gasteiger partial charge in [0.1, 0.15) is 5.75 Å². The minimum Gasteiger partial charge on any atom is -0.496 e. The second-order valence-corrected chi connectivity index (χ2v) is 3.02. The smallest absolute Gasteiger partial charge is 0.309 e. The van der Waals surface area contributed by atoms with E-state index in [2.05, 4.69) is 4.98 Å². The lowest BCUT2D eigenvalue weighted by Crippen LogP contribution is -2.05. The third kappa shape index (κ3) is 2.59. The molecule has 0 unspecified atom stereocenters. The molecule has 5 heteroatoms. The molecule has 0 radical (unpaired) electrons. The molecule has 0 aliphatic rings. The first kappa shape index (κ1) is 11.3. The molecule has 0 aromatic carbocycles. The first-order valence-corrected chi connectivity index (χ1v) is 4.38. The highest BCUT2D eigenvalue weighted by atomic mass is 16.5. The maximum absolute atomic E-state index is 10.5. The molecular weight excluding hydrogens is 198 g/mol. The van der Waals surface area contributed by atoms with Crippen LogP contribution in [0.25, 0.3) is 0 Å². The summed E-state index contributed by atoms with van der Waals surface area (Å²) < 4.78 is 10.1. The van der Waals surface area contributed by atoms with Gasteiger partial charge < -0.3 is 14.6 Å². The summed E-state index contributed by atoms with van der Waals surface area (Å²) in [4.78, 5) is 14.6. The van der Waals surface area contributed by atoms with Crippen LogP contribution >= 0.6 is 0 Å². The highest BCUT2D eigenvalue weighted by Crippen LogP contribution is 2.26. The first-order chi connectivity index (χ1) is 7.08. The molecule has 0 saturated heterocycles. The van der Waals surface area contributed by atoms with E-state index < -0.39 is 5.97 Å². The summed E-state index contributed by atoms with van der Waals surface area (Å²) in [6, 6.07) is 1.60. The monoisotopic (exact) mass is 211 g/mol. The van der Waals surface area contributed by atoms with E-state index in [0.717, 1.165) is 5.56 Å². The zero-order chi connectivity index (χ0) is 11.4. The average molecular weight is 211 g/mol. The van der Waals surface area contributed by atoms with Crippen LogP contribution in [-0.4, -0.2) is 30.3 Å². The molecule has 1 aromatic heterocycles. The predicted octanol–water partition coefficient (Wildman–Crippen LogP) is 1.03. The van der Waals surface area contributed by atoms with Gasteiger partial charge in [-0.25, -0.2) is 4.98 Å². The van der Waals surface area contributed by atoms with Crippen molar-refractivity contribution in [2.75, 3.05) is 14.2 Å². The number of carbonyl (C=O) groups is 1. The van der Waals surface area contributed by atoms with Crippen molar-refractivity contribution in [1.82, 2.24) is 4.98 Å². The number of carboxylic acid groups (broad SMARTS) is 1. The van der Waals surface area contributed by atoms with Gasteiger partial charge in [-0.3, -0.25) is 4.79 Å². The van der Waals surface area contributed by atoms with E-state index in [9.17, 15) is 4.79 Å². The zero-order valence-electron chi connectivity index (χ0n) is 8.90. The summed E-state index contributed by atoms with van der Waals surface area (Å²) in [6.45, 7) is 1.80. The Morgan fingerprint density at radius 3 is 2.60 bits per heavy atom. The van der Waals surface area contributed by atoms with Crippen LogP contribution in [0, 0.1) is 6.92 Å². The largest absolute Gasteiger partial charge is 0.496 e. The minimum absolute atomic E-state index is 0.146. The number of carboxylic acids is 1. The van der Waals surface area contributed by atoms with Crippen LogP contribution < -0.4 is 9.47 Å². The molecule has 1 aromatic rings. The molecule has 0 bridgehead atoms. The van der Waals surface area contributed by atoms with E-state index in [1.807, 2.05) is 0 Å². The standard InChI is InChI=1S/C10H13NO4/c1-6-8(14-2)4-7(5-9(12)13)11-10(6)15-3/h4H,5H2,1-3H3,(H,12,13). The average Bonchev–Trinajstić information content (AvgIpc) is 2.19. The number of rotatable bonds is 4. The summed E-state index contributed by atoms with van der Waals surface area (Å²) in [7, 11) is 3.01. The van der Waals surface area contributed by atoms with Crippen LogP contribution in [0.4, 0.5) is 0 Å². The first-order valence-electron chi connectivity index (χ1n) is 4.38. The number of pyridine rings is 1. The fourth-order valence-electron chi connectivity index (χ4n) is 1.27. The topological polar surface area (TPSA) is 68.7 Å². The second-order valence-electron chi connectivity index (χ2n) is 3.02. The van der Waals surface area contributed by atoms with E-state index in [0.29, 0.717) is 17.3 Å². The molecule has 0 fully saturated rings. The lowest BCUT2D eigenvalue weighted by atomic mass is 10.2. The molecule has 0 aliphatic carbocycles. The van der Waals surface area contributed by atoms with Gasteiger partial charge in [0.15, 0.2) is 0 Å². The lowest BCUT2D eigenvalue weighted by molar-refractivity contribution is -0.136. The van der Waals surface area contributed by atoms with Gasteiger partial charge in [-0.1, -0.05) is 0 Å². The molecule has 5 nitrogen and oxygen atoms in total. The highest BCUT2D eigenvalue weighted by molar-refractivity contribution is 5.69. The van der Waals surface area contributed by atoms with Gasteiger partial charge in [0.05, 0.1) is 31.9 Å². The van der Waals surface area contributed by atoms with Crippen LogP contribution in [-0.2, 0) is 11.2 Å². The molecule has 0 spiro atoms. The van der Waals surface area contributed by atoms with Gasteiger partial charge in [-0.2, -0.15) is 0 Å². The fraction of sp³-hybridized carbons (Fsp3) is 0.400. The quantitative estimate of drug-likeness (QED) is 0.805. The van der Waals surface area contributed by atoms with Crippen molar-refractivity contribution in [2.45, 2.75) is 13.3 Å². The van der Waals surface area contributed by atoms with Gasteiger partial charge in [0, 0.05) is 6.07 Å². The van der Waals surface area contributed by atoms with E-state index in [1.165, 1.54) is 14.2 Å². The van der Waals surface area contributed by atoms with Crippen molar-refractivity contribution in [2.24, 2.45) is 0 Å². The van der Waals surface area contributed by atoms with Gasteiger partial charge in [0.2, 0.25) is 5.88 Å². The van der Waals surface area contributed by atoms with E-state index in [1.54, 1.807) is 13.0 Å². The Hall–Kier alpha value is -1.78.